The highest BCUT2D eigenvalue weighted by atomic mass is 32.2. The number of ether oxygens (including phenoxy) is 2. The third kappa shape index (κ3) is 5.09. The molecular weight excluding hydrogens is 354 g/mol. The van der Waals surface area contributed by atoms with E-state index in [9.17, 15) is 8.42 Å². The third-order valence-corrected chi connectivity index (χ3v) is 6.38. The van der Waals surface area contributed by atoms with Crippen LogP contribution in [-0.2, 0) is 10.0 Å². The Morgan fingerprint density at radius 3 is 2.31 bits per heavy atom. The quantitative estimate of drug-likeness (QED) is 0.726. The lowest BCUT2D eigenvalue weighted by atomic mass is 10.0. The smallest absolute Gasteiger partial charge is 0.244 e. The van der Waals surface area contributed by atoms with Gasteiger partial charge >= 0.3 is 0 Å². The van der Waals surface area contributed by atoms with Gasteiger partial charge in [-0.25, -0.2) is 13.1 Å². The van der Waals surface area contributed by atoms with E-state index in [2.05, 4.69) is 35.4 Å². The van der Waals surface area contributed by atoms with Crippen molar-refractivity contribution < 1.29 is 17.9 Å². The minimum atomic E-state index is -3.67. The van der Waals surface area contributed by atoms with E-state index < -0.39 is 10.0 Å². The third-order valence-electron chi connectivity index (χ3n) is 4.92. The topological polar surface area (TPSA) is 71.1 Å². The molecule has 1 heterocycles. The van der Waals surface area contributed by atoms with Gasteiger partial charge in [-0.3, -0.25) is 4.90 Å². The molecule has 0 saturated carbocycles. The predicted molar refractivity (Wildman–Crippen MR) is 102 cm³/mol. The van der Waals surface area contributed by atoms with Crippen LogP contribution in [0.15, 0.2) is 23.1 Å². The number of hydrogen-bond donors (Lipinski definition) is 1. The Morgan fingerprint density at radius 1 is 1.12 bits per heavy atom. The predicted octanol–water partition coefficient (Wildman–Crippen LogP) is 1.25. The van der Waals surface area contributed by atoms with E-state index in [1.165, 1.54) is 20.3 Å². The number of rotatable bonds is 8. The Hall–Kier alpha value is -1.35. The van der Waals surface area contributed by atoms with Gasteiger partial charge in [0.15, 0.2) is 0 Å². The summed E-state index contributed by atoms with van der Waals surface area (Å²) in [7, 11) is 1.42. The van der Waals surface area contributed by atoms with Gasteiger partial charge in [-0.05, 0) is 25.1 Å². The molecule has 0 bridgehead atoms. The average Bonchev–Trinajstić information content (AvgIpc) is 2.62. The highest BCUT2D eigenvalue weighted by Crippen LogP contribution is 2.28. The van der Waals surface area contributed by atoms with Crippen molar-refractivity contribution in [2.75, 3.05) is 54.0 Å². The number of piperazine rings is 1. The van der Waals surface area contributed by atoms with Crippen LogP contribution in [0.2, 0.25) is 0 Å². The van der Waals surface area contributed by atoms with E-state index in [0.717, 1.165) is 26.2 Å². The first kappa shape index (κ1) is 21.0. The van der Waals surface area contributed by atoms with Gasteiger partial charge in [0.1, 0.15) is 16.4 Å². The number of sulfonamides is 1. The van der Waals surface area contributed by atoms with E-state index in [1.807, 2.05) is 0 Å². The van der Waals surface area contributed by atoms with Crippen LogP contribution in [0.1, 0.15) is 13.8 Å². The Morgan fingerprint density at radius 2 is 1.77 bits per heavy atom. The molecule has 2 rings (SSSR count). The number of methoxy groups -OCH3 is 2. The maximum absolute atomic E-state index is 12.8. The lowest BCUT2D eigenvalue weighted by Crippen LogP contribution is -2.54. The highest BCUT2D eigenvalue weighted by molar-refractivity contribution is 7.89. The summed E-state index contributed by atoms with van der Waals surface area (Å²) in [5.74, 6) is 1.18. The Kier molecular flexibility index (Phi) is 7.28. The molecule has 0 aromatic heterocycles. The summed E-state index contributed by atoms with van der Waals surface area (Å²) in [4.78, 5) is 4.79. The van der Waals surface area contributed by atoms with Crippen molar-refractivity contribution in [1.29, 1.82) is 0 Å². The molecule has 1 atom stereocenters. The fourth-order valence-corrected chi connectivity index (χ4v) is 4.41. The first-order valence-corrected chi connectivity index (χ1v) is 10.4. The molecule has 1 aromatic rings. The van der Waals surface area contributed by atoms with Crippen molar-refractivity contribution in [2.24, 2.45) is 5.92 Å². The Balaban J connectivity index is 2.12. The molecule has 1 aliphatic heterocycles. The van der Waals surface area contributed by atoms with E-state index in [1.54, 1.807) is 12.1 Å². The SMILES string of the molecule is COc1ccc(S(=O)(=O)NCC(C(C)C)N2CCN(C)CC2)c(OC)c1. The summed E-state index contributed by atoms with van der Waals surface area (Å²) in [6.07, 6.45) is 0. The Labute approximate surface area is 157 Å². The van der Waals surface area contributed by atoms with Gasteiger partial charge in [0.2, 0.25) is 10.0 Å². The van der Waals surface area contributed by atoms with Crippen molar-refractivity contribution in [2.45, 2.75) is 24.8 Å². The normalized spacial score (nSPS) is 18.1. The van der Waals surface area contributed by atoms with Crippen molar-refractivity contribution in [3.63, 3.8) is 0 Å². The standard InChI is InChI=1S/C18H31N3O4S/c1-14(2)16(21-10-8-20(3)9-11-21)13-19-26(22,23)18-7-6-15(24-4)12-17(18)25-5/h6-7,12,14,16,19H,8-11,13H2,1-5H3. The zero-order chi connectivity index (χ0) is 19.3. The number of nitrogens with one attached hydrogen (secondary N) is 1. The summed E-state index contributed by atoms with van der Waals surface area (Å²) in [5.41, 5.74) is 0. The molecule has 1 N–H and O–H groups in total. The van der Waals surface area contributed by atoms with Crippen LogP contribution in [0.4, 0.5) is 0 Å². The fourth-order valence-electron chi connectivity index (χ4n) is 3.21. The monoisotopic (exact) mass is 385 g/mol. The lowest BCUT2D eigenvalue weighted by Gasteiger charge is -2.39. The first-order chi connectivity index (χ1) is 12.3. The van der Waals surface area contributed by atoms with Crippen LogP contribution >= 0.6 is 0 Å². The van der Waals surface area contributed by atoms with Crippen LogP contribution in [0.5, 0.6) is 11.5 Å². The molecule has 7 nitrogen and oxygen atoms in total. The number of likely N-dealkylation sites (N-methyl/N-ethyl adjacent to an activating group) is 1. The molecule has 0 amide bonds. The molecule has 1 saturated heterocycles. The van der Waals surface area contributed by atoms with E-state index >= 15 is 0 Å². The average molecular weight is 386 g/mol. The molecule has 0 radical (unpaired) electrons. The zero-order valence-corrected chi connectivity index (χ0v) is 17.2. The number of nitrogens with zero attached hydrogens (tertiary/aromatic N) is 2. The minimum absolute atomic E-state index is 0.127. The van der Waals surface area contributed by atoms with Crippen molar-refractivity contribution in [1.82, 2.24) is 14.5 Å². The lowest BCUT2D eigenvalue weighted by molar-refractivity contribution is 0.0905. The minimum Gasteiger partial charge on any atom is -0.497 e. The molecule has 1 aromatic carbocycles. The molecule has 26 heavy (non-hydrogen) atoms. The molecule has 0 spiro atoms. The fraction of sp³-hybridized carbons (Fsp3) is 0.667. The maximum atomic E-state index is 12.8. The number of hydrogen-bond acceptors (Lipinski definition) is 6. The summed E-state index contributed by atoms with van der Waals surface area (Å²) < 4.78 is 38.8. The van der Waals surface area contributed by atoms with Gasteiger partial charge < -0.3 is 14.4 Å². The summed E-state index contributed by atoms with van der Waals surface area (Å²) in [6.45, 7) is 8.54. The second-order valence-corrected chi connectivity index (χ2v) is 8.75. The van der Waals surface area contributed by atoms with E-state index in [-0.39, 0.29) is 16.7 Å². The van der Waals surface area contributed by atoms with Gasteiger partial charge in [0, 0.05) is 44.8 Å². The summed E-state index contributed by atoms with van der Waals surface area (Å²) in [6, 6.07) is 4.87. The van der Waals surface area contributed by atoms with Crippen molar-refractivity contribution >= 4 is 10.0 Å². The van der Waals surface area contributed by atoms with Crippen LogP contribution < -0.4 is 14.2 Å². The second kappa shape index (κ2) is 9.03. The van der Waals surface area contributed by atoms with Gasteiger partial charge in [0.05, 0.1) is 14.2 Å². The van der Waals surface area contributed by atoms with Crippen molar-refractivity contribution in [3.05, 3.63) is 18.2 Å². The Bertz CT molecular complexity index is 686. The molecule has 1 fully saturated rings. The summed E-state index contributed by atoms with van der Waals surface area (Å²) >= 11 is 0. The number of benzene rings is 1. The van der Waals surface area contributed by atoms with Gasteiger partial charge in [-0.15, -0.1) is 0 Å². The first-order valence-electron chi connectivity index (χ1n) is 8.92. The molecule has 0 aliphatic carbocycles. The maximum Gasteiger partial charge on any atom is 0.244 e. The molecule has 8 heteroatoms. The molecule has 1 unspecified atom stereocenters. The van der Waals surface area contributed by atoms with E-state index in [4.69, 9.17) is 9.47 Å². The van der Waals surface area contributed by atoms with Gasteiger partial charge in [-0.2, -0.15) is 0 Å². The zero-order valence-electron chi connectivity index (χ0n) is 16.4. The van der Waals surface area contributed by atoms with E-state index in [0.29, 0.717) is 18.2 Å². The molecule has 1 aliphatic rings. The molecular formula is C18H31N3O4S. The molecule has 148 valence electrons. The van der Waals surface area contributed by atoms with Gasteiger partial charge in [0.25, 0.3) is 0 Å². The van der Waals surface area contributed by atoms with Crippen LogP contribution in [0, 0.1) is 5.92 Å². The van der Waals surface area contributed by atoms with Gasteiger partial charge in [-0.1, -0.05) is 13.8 Å². The van der Waals surface area contributed by atoms with Crippen LogP contribution in [0.3, 0.4) is 0 Å². The highest BCUT2D eigenvalue weighted by Gasteiger charge is 2.28. The largest absolute Gasteiger partial charge is 0.497 e. The van der Waals surface area contributed by atoms with Crippen LogP contribution in [-0.4, -0.2) is 78.3 Å². The van der Waals surface area contributed by atoms with Crippen molar-refractivity contribution in [3.8, 4) is 11.5 Å². The second-order valence-electron chi connectivity index (χ2n) is 7.02. The van der Waals surface area contributed by atoms with Crippen LogP contribution in [0.25, 0.3) is 0 Å². The summed E-state index contributed by atoms with van der Waals surface area (Å²) in [5, 5.41) is 0.